The lowest BCUT2D eigenvalue weighted by Crippen LogP contribution is -2.57. The minimum Gasteiger partial charge on any atom is -0.481 e. The van der Waals surface area contributed by atoms with Gasteiger partial charge < -0.3 is 31.9 Å². The third kappa shape index (κ3) is 11.8. The van der Waals surface area contributed by atoms with Gasteiger partial charge in [0.15, 0.2) is 0 Å². The third-order valence-corrected chi connectivity index (χ3v) is 6.40. The molecule has 0 aliphatic heterocycles. The van der Waals surface area contributed by atoms with Gasteiger partial charge in [0.25, 0.3) is 0 Å². The van der Waals surface area contributed by atoms with E-state index in [0.717, 1.165) is 5.56 Å². The van der Waals surface area contributed by atoms with E-state index < -0.39 is 60.2 Å². The molecule has 1 rings (SSSR count). The van der Waals surface area contributed by atoms with Gasteiger partial charge in [0.2, 0.25) is 17.7 Å². The maximum atomic E-state index is 13.1. The molecule has 3 amide bonds. The molecule has 0 saturated heterocycles. The average Bonchev–Trinajstić information content (AvgIpc) is 2.83. The van der Waals surface area contributed by atoms with Crippen LogP contribution in [0, 0.1) is 0 Å². The summed E-state index contributed by atoms with van der Waals surface area (Å²) in [5.74, 6) is -3.54. The van der Waals surface area contributed by atoms with E-state index in [4.69, 9.17) is 10.8 Å². The zero-order chi connectivity index (χ0) is 27.1. The summed E-state index contributed by atoms with van der Waals surface area (Å²) >= 11 is 2.88. The van der Waals surface area contributed by atoms with Crippen LogP contribution in [0.1, 0.15) is 24.8 Å². The first-order chi connectivity index (χ1) is 17.1. The second-order valence-electron chi connectivity index (χ2n) is 7.98. The number of thioether (sulfide) groups is 2. The maximum Gasteiger partial charge on any atom is 0.326 e. The molecule has 0 radical (unpaired) electrons. The quantitative estimate of drug-likeness (QED) is 0.157. The second-order valence-corrected chi connectivity index (χ2v) is 9.95. The first-order valence-electron chi connectivity index (χ1n) is 11.2. The van der Waals surface area contributed by atoms with Gasteiger partial charge in [0.05, 0.1) is 12.5 Å². The molecule has 200 valence electrons. The van der Waals surface area contributed by atoms with Crippen LogP contribution in [0.5, 0.6) is 0 Å². The normalized spacial score (nSPS) is 14.1. The van der Waals surface area contributed by atoms with Crippen LogP contribution in [-0.2, 0) is 30.4 Å². The van der Waals surface area contributed by atoms with Crippen LogP contribution in [0.2, 0.25) is 0 Å². The van der Waals surface area contributed by atoms with Crippen LogP contribution in [0.15, 0.2) is 30.3 Å². The van der Waals surface area contributed by atoms with Gasteiger partial charge in [-0.25, -0.2) is 4.79 Å². The Morgan fingerprint density at radius 2 is 1.31 bits per heavy atom. The molecule has 4 unspecified atom stereocenters. The summed E-state index contributed by atoms with van der Waals surface area (Å²) in [4.78, 5) is 61.1. The van der Waals surface area contributed by atoms with Crippen LogP contribution in [0.25, 0.3) is 0 Å². The third-order valence-electron chi connectivity index (χ3n) is 5.12. The van der Waals surface area contributed by atoms with Gasteiger partial charge in [-0.2, -0.15) is 23.5 Å². The fourth-order valence-corrected chi connectivity index (χ4v) is 4.10. The molecule has 4 atom stereocenters. The van der Waals surface area contributed by atoms with Crippen LogP contribution in [0.3, 0.4) is 0 Å². The van der Waals surface area contributed by atoms with Crippen molar-refractivity contribution in [2.75, 3.05) is 24.0 Å². The first kappa shape index (κ1) is 31.3. The van der Waals surface area contributed by atoms with E-state index in [1.807, 2.05) is 12.5 Å². The molecule has 0 aromatic heterocycles. The Morgan fingerprint density at radius 1 is 0.806 bits per heavy atom. The number of nitrogens with two attached hydrogens (primary N) is 1. The molecule has 0 heterocycles. The fraction of sp³-hybridized carbons (Fsp3) is 0.522. The number of hydrogen-bond donors (Lipinski definition) is 6. The topological polar surface area (TPSA) is 188 Å². The molecule has 36 heavy (non-hydrogen) atoms. The largest absolute Gasteiger partial charge is 0.481 e. The van der Waals surface area contributed by atoms with Crippen molar-refractivity contribution in [2.45, 2.75) is 49.9 Å². The molecule has 0 saturated carbocycles. The van der Waals surface area contributed by atoms with Crippen LogP contribution < -0.4 is 21.7 Å². The van der Waals surface area contributed by atoms with Crippen molar-refractivity contribution in [1.29, 1.82) is 0 Å². The predicted molar refractivity (Wildman–Crippen MR) is 140 cm³/mol. The van der Waals surface area contributed by atoms with Crippen LogP contribution in [-0.4, -0.2) is 88.1 Å². The fourth-order valence-electron chi connectivity index (χ4n) is 3.16. The van der Waals surface area contributed by atoms with Gasteiger partial charge in [0.1, 0.15) is 18.1 Å². The number of nitrogens with one attached hydrogen (secondary N) is 3. The minimum atomic E-state index is -1.34. The average molecular weight is 543 g/mol. The number of carbonyl (C=O) groups is 5. The van der Waals surface area contributed by atoms with Gasteiger partial charge >= 0.3 is 11.9 Å². The van der Waals surface area contributed by atoms with E-state index in [-0.39, 0.29) is 19.3 Å². The molecule has 0 aliphatic rings. The van der Waals surface area contributed by atoms with Crippen molar-refractivity contribution in [3.8, 4) is 0 Å². The number of rotatable bonds is 17. The lowest BCUT2D eigenvalue weighted by Gasteiger charge is -2.25. The lowest BCUT2D eigenvalue weighted by atomic mass is 10.0. The van der Waals surface area contributed by atoms with Crippen LogP contribution in [0.4, 0.5) is 0 Å². The zero-order valence-corrected chi connectivity index (χ0v) is 21.9. The maximum absolute atomic E-state index is 13.1. The Hall–Kier alpha value is -2.77. The lowest BCUT2D eigenvalue weighted by molar-refractivity contribution is -0.142. The van der Waals surface area contributed by atoms with Crippen molar-refractivity contribution < 1.29 is 34.2 Å². The minimum absolute atomic E-state index is 0.0923. The number of carboxylic acid groups (broad SMARTS) is 2. The monoisotopic (exact) mass is 542 g/mol. The van der Waals surface area contributed by atoms with E-state index >= 15 is 0 Å². The number of aliphatic carboxylic acids is 2. The molecule has 0 aliphatic carbocycles. The van der Waals surface area contributed by atoms with Gasteiger partial charge in [-0.05, 0) is 42.4 Å². The number of carbonyl (C=O) groups excluding carboxylic acids is 3. The molecule has 0 spiro atoms. The number of benzene rings is 1. The van der Waals surface area contributed by atoms with Crippen molar-refractivity contribution in [1.82, 2.24) is 16.0 Å². The highest BCUT2D eigenvalue weighted by Crippen LogP contribution is 2.08. The molecular formula is C23H34N4O7S2. The van der Waals surface area contributed by atoms with E-state index in [2.05, 4.69) is 16.0 Å². The molecule has 7 N–H and O–H groups in total. The van der Waals surface area contributed by atoms with E-state index in [0.29, 0.717) is 11.5 Å². The summed E-state index contributed by atoms with van der Waals surface area (Å²) in [6.45, 7) is 0. The SMILES string of the molecule is CSCCC(NC(=O)C(Cc1ccccc1)NC(=O)C(CCSC)NC(=O)C(N)CC(=O)O)C(=O)O. The van der Waals surface area contributed by atoms with Crippen molar-refractivity contribution in [3.05, 3.63) is 35.9 Å². The van der Waals surface area contributed by atoms with Gasteiger partial charge in [-0.1, -0.05) is 30.3 Å². The Labute approximate surface area is 218 Å². The Kier molecular flexibility index (Phi) is 14.6. The first-order valence-corrected chi connectivity index (χ1v) is 14.0. The van der Waals surface area contributed by atoms with E-state index in [9.17, 15) is 29.1 Å². The van der Waals surface area contributed by atoms with Crippen molar-refractivity contribution in [2.24, 2.45) is 5.73 Å². The number of hydrogen-bond acceptors (Lipinski definition) is 8. The number of amides is 3. The zero-order valence-electron chi connectivity index (χ0n) is 20.3. The highest BCUT2D eigenvalue weighted by Gasteiger charge is 2.30. The standard InChI is InChI=1S/C23H34N4O7S2/c1-35-10-8-16(25-20(30)15(24)13-19(28)29)21(31)27-18(12-14-6-4-3-5-7-14)22(32)26-17(23(33)34)9-11-36-2/h3-7,15-18H,8-13,24H2,1-2H3,(H,25,30)(H,26,32)(H,27,31)(H,28,29)(H,33,34). The summed E-state index contributed by atoms with van der Waals surface area (Å²) < 4.78 is 0. The van der Waals surface area contributed by atoms with Crippen molar-refractivity contribution in [3.63, 3.8) is 0 Å². The molecular weight excluding hydrogens is 508 g/mol. The summed E-state index contributed by atoms with van der Waals surface area (Å²) in [5, 5.41) is 26.0. The molecule has 1 aromatic carbocycles. The van der Waals surface area contributed by atoms with Crippen molar-refractivity contribution >= 4 is 53.2 Å². The molecule has 11 nitrogen and oxygen atoms in total. The molecule has 0 fully saturated rings. The predicted octanol–water partition coefficient (Wildman–Crippen LogP) is 0.0763. The van der Waals surface area contributed by atoms with Gasteiger partial charge in [0, 0.05) is 6.42 Å². The Balaban J connectivity index is 3.08. The Morgan fingerprint density at radius 3 is 1.83 bits per heavy atom. The highest BCUT2D eigenvalue weighted by atomic mass is 32.2. The highest BCUT2D eigenvalue weighted by molar-refractivity contribution is 7.98. The second kappa shape index (κ2) is 16.8. The molecule has 13 heteroatoms. The number of carboxylic acids is 2. The molecule has 1 aromatic rings. The Bertz CT molecular complexity index is 888. The van der Waals surface area contributed by atoms with Gasteiger partial charge in [-0.3, -0.25) is 19.2 Å². The molecule has 0 bridgehead atoms. The van der Waals surface area contributed by atoms with E-state index in [1.54, 1.807) is 30.3 Å². The summed E-state index contributed by atoms with van der Waals surface area (Å²) in [5.41, 5.74) is 6.36. The summed E-state index contributed by atoms with van der Waals surface area (Å²) in [6.07, 6.45) is 3.55. The van der Waals surface area contributed by atoms with Gasteiger partial charge in [-0.15, -0.1) is 0 Å². The summed E-state index contributed by atoms with van der Waals surface area (Å²) in [6, 6.07) is 4.24. The summed E-state index contributed by atoms with van der Waals surface area (Å²) in [7, 11) is 0. The smallest absolute Gasteiger partial charge is 0.326 e. The van der Waals surface area contributed by atoms with E-state index in [1.165, 1.54) is 23.5 Å². The van der Waals surface area contributed by atoms with Crippen LogP contribution >= 0.6 is 23.5 Å².